The molecular weight excluding hydrogens is 234 g/mol. The summed E-state index contributed by atoms with van der Waals surface area (Å²) in [4.78, 5) is 1.41. The molecule has 1 N–H and O–H groups in total. The molecule has 2 rings (SSSR count). The maximum absolute atomic E-state index is 3.64. The van der Waals surface area contributed by atoms with Crippen molar-refractivity contribution in [3.63, 3.8) is 0 Å². The molecule has 0 amide bonds. The molecule has 16 heavy (non-hydrogen) atoms. The predicted molar refractivity (Wildman–Crippen MR) is 73.4 cm³/mol. The Morgan fingerprint density at radius 2 is 2.12 bits per heavy atom. The highest BCUT2D eigenvalue weighted by molar-refractivity contribution is 7.10. The van der Waals surface area contributed by atoms with Crippen molar-refractivity contribution < 1.29 is 0 Å². The second-order valence-corrected chi connectivity index (χ2v) is 5.90. The molecule has 1 nitrogen and oxygen atoms in total. The lowest BCUT2D eigenvalue weighted by Crippen LogP contribution is -2.30. The molecular formula is C13H17NS2. The van der Waals surface area contributed by atoms with E-state index in [0.29, 0.717) is 12.1 Å². The number of rotatable bonds is 5. The summed E-state index contributed by atoms with van der Waals surface area (Å²) in [5, 5.41) is 10.1. The zero-order valence-electron chi connectivity index (χ0n) is 9.64. The van der Waals surface area contributed by atoms with Crippen LogP contribution in [0.1, 0.15) is 30.3 Å². The topological polar surface area (TPSA) is 12.0 Å². The predicted octanol–water partition coefficient (Wildman–Crippen LogP) is 4.09. The minimum atomic E-state index is 0.452. The Labute approximate surface area is 105 Å². The summed E-state index contributed by atoms with van der Waals surface area (Å²) in [7, 11) is 0. The zero-order chi connectivity index (χ0) is 11.4. The molecule has 2 aromatic rings. The molecule has 0 aliphatic rings. The van der Waals surface area contributed by atoms with Gasteiger partial charge in [0.05, 0.1) is 0 Å². The van der Waals surface area contributed by atoms with Crippen LogP contribution in [0.15, 0.2) is 34.3 Å². The van der Waals surface area contributed by atoms with Gasteiger partial charge in [0.2, 0.25) is 0 Å². The molecule has 0 radical (unpaired) electrons. The molecule has 0 saturated carbocycles. The van der Waals surface area contributed by atoms with E-state index in [1.54, 1.807) is 11.3 Å². The van der Waals surface area contributed by atoms with E-state index in [9.17, 15) is 0 Å². The molecule has 3 heteroatoms. The van der Waals surface area contributed by atoms with Crippen molar-refractivity contribution in [1.29, 1.82) is 0 Å². The Kier molecular flexibility index (Phi) is 4.16. The van der Waals surface area contributed by atoms with Crippen LogP contribution < -0.4 is 5.32 Å². The van der Waals surface area contributed by atoms with Crippen molar-refractivity contribution in [2.45, 2.75) is 32.4 Å². The van der Waals surface area contributed by atoms with E-state index in [-0.39, 0.29) is 0 Å². The van der Waals surface area contributed by atoms with Crippen molar-refractivity contribution in [1.82, 2.24) is 5.32 Å². The van der Waals surface area contributed by atoms with Gasteiger partial charge in [-0.2, -0.15) is 11.3 Å². The van der Waals surface area contributed by atoms with Gasteiger partial charge >= 0.3 is 0 Å². The fourth-order valence-corrected chi connectivity index (χ4v) is 3.29. The Balaban J connectivity index is 1.85. The average Bonchev–Trinajstić information content (AvgIpc) is 2.88. The fraction of sp³-hybridized carbons (Fsp3) is 0.385. The molecule has 0 saturated heterocycles. The fourth-order valence-electron chi connectivity index (χ4n) is 1.87. The Bertz CT molecular complexity index is 392. The van der Waals surface area contributed by atoms with Gasteiger partial charge in [-0.1, -0.05) is 6.07 Å². The first-order valence-corrected chi connectivity index (χ1v) is 7.38. The van der Waals surface area contributed by atoms with Gasteiger partial charge < -0.3 is 5.32 Å². The van der Waals surface area contributed by atoms with Crippen LogP contribution in [0.3, 0.4) is 0 Å². The van der Waals surface area contributed by atoms with Crippen LogP contribution in [-0.2, 0) is 6.42 Å². The third-order valence-electron chi connectivity index (χ3n) is 2.63. The molecule has 2 atom stereocenters. The van der Waals surface area contributed by atoms with Crippen molar-refractivity contribution in [2.24, 2.45) is 0 Å². The lowest BCUT2D eigenvalue weighted by atomic mass is 10.1. The standard InChI is InChI=1S/C13H17NS2/c1-10(8-12-5-7-15-9-12)14-11(2)13-4-3-6-16-13/h3-7,9-11,14H,8H2,1-2H3. The average molecular weight is 251 g/mol. The maximum atomic E-state index is 3.64. The van der Waals surface area contributed by atoms with E-state index in [4.69, 9.17) is 0 Å². The number of hydrogen-bond acceptors (Lipinski definition) is 3. The second kappa shape index (κ2) is 5.62. The highest BCUT2D eigenvalue weighted by Crippen LogP contribution is 2.19. The molecule has 0 bridgehead atoms. The summed E-state index contributed by atoms with van der Waals surface area (Å²) in [6.07, 6.45) is 1.11. The number of thiophene rings is 2. The molecule has 0 fully saturated rings. The Hall–Kier alpha value is -0.640. The van der Waals surface area contributed by atoms with Crippen molar-refractivity contribution in [2.75, 3.05) is 0 Å². The van der Waals surface area contributed by atoms with E-state index < -0.39 is 0 Å². The van der Waals surface area contributed by atoms with Gasteiger partial charge in [-0.05, 0) is 54.1 Å². The van der Waals surface area contributed by atoms with Gasteiger partial charge in [0.15, 0.2) is 0 Å². The first kappa shape index (κ1) is 11.8. The van der Waals surface area contributed by atoms with Gasteiger partial charge in [0.1, 0.15) is 0 Å². The second-order valence-electron chi connectivity index (χ2n) is 4.14. The lowest BCUT2D eigenvalue weighted by Gasteiger charge is -2.18. The summed E-state index contributed by atoms with van der Waals surface area (Å²) in [5.74, 6) is 0. The third-order valence-corrected chi connectivity index (χ3v) is 4.41. The van der Waals surface area contributed by atoms with Crippen LogP contribution in [0.25, 0.3) is 0 Å². The molecule has 0 aromatic carbocycles. The summed E-state index contributed by atoms with van der Waals surface area (Å²) in [5.41, 5.74) is 1.43. The maximum Gasteiger partial charge on any atom is 0.0388 e. The molecule has 2 unspecified atom stereocenters. The summed E-state index contributed by atoms with van der Waals surface area (Å²) in [6.45, 7) is 4.48. The normalized spacial score (nSPS) is 14.9. The van der Waals surface area contributed by atoms with Crippen molar-refractivity contribution in [3.8, 4) is 0 Å². The molecule has 2 aromatic heterocycles. The van der Waals surface area contributed by atoms with E-state index in [2.05, 4.69) is 53.5 Å². The van der Waals surface area contributed by atoms with Gasteiger partial charge in [0, 0.05) is 17.0 Å². The SMILES string of the molecule is CC(Cc1ccsc1)NC(C)c1cccs1. The van der Waals surface area contributed by atoms with Crippen molar-refractivity contribution in [3.05, 3.63) is 44.8 Å². The van der Waals surface area contributed by atoms with Crippen LogP contribution in [0.4, 0.5) is 0 Å². The van der Waals surface area contributed by atoms with Crippen LogP contribution in [0.5, 0.6) is 0 Å². The van der Waals surface area contributed by atoms with Gasteiger partial charge in [-0.3, -0.25) is 0 Å². The highest BCUT2D eigenvalue weighted by atomic mass is 32.1. The monoisotopic (exact) mass is 251 g/mol. The first-order valence-electron chi connectivity index (χ1n) is 5.56. The molecule has 0 aliphatic carbocycles. The Morgan fingerprint density at radius 1 is 1.25 bits per heavy atom. The zero-order valence-corrected chi connectivity index (χ0v) is 11.3. The smallest absolute Gasteiger partial charge is 0.0388 e. The quantitative estimate of drug-likeness (QED) is 0.844. The number of hydrogen-bond donors (Lipinski definition) is 1. The number of nitrogens with one attached hydrogen (secondary N) is 1. The van der Waals surface area contributed by atoms with Crippen LogP contribution in [0.2, 0.25) is 0 Å². The van der Waals surface area contributed by atoms with Crippen LogP contribution >= 0.6 is 22.7 Å². The summed E-state index contributed by atoms with van der Waals surface area (Å²) < 4.78 is 0. The van der Waals surface area contributed by atoms with Gasteiger partial charge in [0.25, 0.3) is 0 Å². The lowest BCUT2D eigenvalue weighted by molar-refractivity contribution is 0.482. The third kappa shape index (κ3) is 3.17. The molecule has 86 valence electrons. The van der Waals surface area contributed by atoms with Crippen LogP contribution in [0, 0.1) is 0 Å². The Morgan fingerprint density at radius 3 is 2.75 bits per heavy atom. The van der Waals surface area contributed by atoms with Gasteiger partial charge in [-0.15, -0.1) is 11.3 Å². The summed E-state index contributed by atoms with van der Waals surface area (Å²) >= 11 is 3.59. The van der Waals surface area contributed by atoms with E-state index >= 15 is 0 Å². The summed E-state index contributed by atoms with van der Waals surface area (Å²) in [6, 6.07) is 7.49. The molecule has 0 aliphatic heterocycles. The molecule has 2 heterocycles. The largest absolute Gasteiger partial charge is 0.307 e. The minimum absolute atomic E-state index is 0.452. The van der Waals surface area contributed by atoms with Crippen LogP contribution in [-0.4, -0.2) is 6.04 Å². The van der Waals surface area contributed by atoms with Crippen molar-refractivity contribution >= 4 is 22.7 Å². The van der Waals surface area contributed by atoms with E-state index in [0.717, 1.165) is 6.42 Å². The van der Waals surface area contributed by atoms with E-state index in [1.165, 1.54) is 10.4 Å². The molecule has 0 spiro atoms. The minimum Gasteiger partial charge on any atom is -0.307 e. The highest BCUT2D eigenvalue weighted by Gasteiger charge is 2.10. The van der Waals surface area contributed by atoms with E-state index in [1.807, 2.05) is 11.3 Å². The van der Waals surface area contributed by atoms with Gasteiger partial charge in [-0.25, -0.2) is 0 Å². The first-order chi connectivity index (χ1) is 7.75.